The zero-order chi connectivity index (χ0) is 11.4. The Morgan fingerprint density at radius 3 is 2.73 bits per heavy atom. The summed E-state index contributed by atoms with van der Waals surface area (Å²) in [5.41, 5.74) is 0. The average Bonchev–Trinajstić information content (AvgIpc) is 2.22. The Bertz CT molecular complexity index is 368. The van der Waals surface area contributed by atoms with E-state index in [0.717, 1.165) is 3.57 Å². The third-order valence-electron chi connectivity index (χ3n) is 1.74. The normalized spacial score (nSPS) is 12.0. The SMILES string of the molecule is COC(=O)C(C)Oc1ccc(I)c(Cl)c1. The summed E-state index contributed by atoms with van der Waals surface area (Å²) in [5, 5.41) is 0.602. The summed E-state index contributed by atoms with van der Waals surface area (Å²) in [7, 11) is 1.32. The lowest BCUT2D eigenvalue weighted by Crippen LogP contribution is -2.24. The fraction of sp³-hybridized carbons (Fsp3) is 0.300. The molecule has 1 aromatic rings. The lowest BCUT2D eigenvalue weighted by atomic mass is 10.3. The Balaban J connectivity index is 2.73. The van der Waals surface area contributed by atoms with Crippen LogP contribution >= 0.6 is 34.2 Å². The van der Waals surface area contributed by atoms with E-state index in [0.29, 0.717) is 10.8 Å². The molecule has 1 aromatic carbocycles. The highest BCUT2D eigenvalue weighted by Crippen LogP contribution is 2.24. The molecule has 5 heteroatoms. The Kier molecular flexibility index (Phi) is 4.66. The summed E-state index contributed by atoms with van der Waals surface area (Å²) in [6.07, 6.45) is -0.633. The van der Waals surface area contributed by atoms with Crippen LogP contribution in [0.1, 0.15) is 6.92 Å². The molecule has 0 bridgehead atoms. The fourth-order valence-corrected chi connectivity index (χ4v) is 1.47. The van der Waals surface area contributed by atoms with E-state index in [9.17, 15) is 4.79 Å². The van der Waals surface area contributed by atoms with Gasteiger partial charge in [0.15, 0.2) is 6.10 Å². The monoisotopic (exact) mass is 340 g/mol. The maximum atomic E-state index is 11.1. The second kappa shape index (κ2) is 5.55. The van der Waals surface area contributed by atoms with Gasteiger partial charge in [0.05, 0.1) is 12.1 Å². The van der Waals surface area contributed by atoms with Gasteiger partial charge in [-0.25, -0.2) is 4.79 Å². The van der Waals surface area contributed by atoms with E-state index in [2.05, 4.69) is 27.3 Å². The van der Waals surface area contributed by atoms with E-state index in [4.69, 9.17) is 16.3 Å². The van der Waals surface area contributed by atoms with E-state index in [1.807, 2.05) is 6.07 Å². The molecule has 0 N–H and O–H groups in total. The van der Waals surface area contributed by atoms with E-state index < -0.39 is 12.1 Å². The van der Waals surface area contributed by atoms with Gasteiger partial charge in [0.2, 0.25) is 0 Å². The van der Waals surface area contributed by atoms with Crippen molar-refractivity contribution >= 4 is 40.2 Å². The number of esters is 1. The third kappa shape index (κ3) is 3.53. The van der Waals surface area contributed by atoms with Crippen molar-refractivity contribution in [3.63, 3.8) is 0 Å². The maximum absolute atomic E-state index is 11.1. The van der Waals surface area contributed by atoms with Gasteiger partial charge >= 0.3 is 5.97 Å². The molecule has 0 aliphatic carbocycles. The van der Waals surface area contributed by atoms with E-state index in [-0.39, 0.29) is 0 Å². The van der Waals surface area contributed by atoms with Crippen LogP contribution < -0.4 is 4.74 Å². The Hall–Kier alpha value is -0.490. The Labute approximate surface area is 107 Å². The van der Waals surface area contributed by atoms with Crippen molar-refractivity contribution in [1.29, 1.82) is 0 Å². The van der Waals surface area contributed by atoms with Crippen LogP contribution in [-0.4, -0.2) is 19.2 Å². The van der Waals surface area contributed by atoms with Gasteiger partial charge in [0, 0.05) is 3.57 Å². The number of methoxy groups -OCH3 is 1. The molecule has 1 rings (SSSR count). The zero-order valence-electron chi connectivity index (χ0n) is 8.29. The lowest BCUT2D eigenvalue weighted by Gasteiger charge is -2.12. The van der Waals surface area contributed by atoms with Crippen LogP contribution in [-0.2, 0) is 9.53 Å². The molecule has 0 amide bonds. The number of carbonyl (C=O) groups excluding carboxylic acids is 1. The molecule has 1 atom stereocenters. The minimum Gasteiger partial charge on any atom is -0.479 e. The smallest absolute Gasteiger partial charge is 0.346 e. The summed E-state index contributed by atoms with van der Waals surface area (Å²) in [4.78, 5) is 11.1. The second-order valence-corrected chi connectivity index (χ2v) is 4.43. The van der Waals surface area contributed by atoms with Gasteiger partial charge in [-0.1, -0.05) is 11.6 Å². The van der Waals surface area contributed by atoms with Gasteiger partial charge in [0.1, 0.15) is 5.75 Å². The van der Waals surface area contributed by atoms with Gasteiger partial charge in [0.25, 0.3) is 0 Å². The first-order chi connectivity index (χ1) is 7.04. The predicted octanol–water partition coefficient (Wildman–Crippen LogP) is 2.88. The first-order valence-corrected chi connectivity index (χ1v) is 5.70. The molecule has 0 aliphatic heterocycles. The van der Waals surface area contributed by atoms with E-state index in [1.54, 1.807) is 19.1 Å². The lowest BCUT2D eigenvalue weighted by molar-refractivity contribution is -0.147. The number of carbonyl (C=O) groups is 1. The largest absolute Gasteiger partial charge is 0.479 e. The quantitative estimate of drug-likeness (QED) is 0.627. The molecule has 0 saturated carbocycles. The zero-order valence-corrected chi connectivity index (χ0v) is 11.2. The molecule has 1 unspecified atom stereocenters. The van der Waals surface area contributed by atoms with Crippen molar-refractivity contribution in [3.8, 4) is 5.75 Å². The van der Waals surface area contributed by atoms with Crippen molar-refractivity contribution in [2.45, 2.75) is 13.0 Å². The first kappa shape index (κ1) is 12.6. The number of rotatable bonds is 3. The van der Waals surface area contributed by atoms with E-state index >= 15 is 0 Å². The number of ether oxygens (including phenoxy) is 2. The molecule has 0 heterocycles. The number of hydrogen-bond acceptors (Lipinski definition) is 3. The highest BCUT2D eigenvalue weighted by atomic mass is 127. The van der Waals surface area contributed by atoms with Crippen LogP contribution in [0.25, 0.3) is 0 Å². The Morgan fingerprint density at radius 2 is 2.20 bits per heavy atom. The predicted molar refractivity (Wildman–Crippen MR) is 66.3 cm³/mol. The van der Waals surface area contributed by atoms with Gasteiger partial charge < -0.3 is 9.47 Å². The molecule has 0 saturated heterocycles. The molecule has 82 valence electrons. The number of halogens is 2. The Morgan fingerprint density at radius 1 is 1.53 bits per heavy atom. The molecular formula is C10H10ClIO3. The summed E-state index contributed by atoms with van der Waals surface area (Å²) in [6.45, 7) is 1.62. The number of benzene rings is 1. The van der Waals surface area contributed by atoms with Gasteiger partial charge in [-0.05, 0) is 47.7 Å². The number of hydrogen-bond donors (Lipinski definition) is 0. The minimum absolute atomic E-state index is 0.412. The standard InChI is InChI=1S/C10H10ClIO3/c1-6(10(13)14-2)15-7-3-4-9(12)8(11)5-7/h3-6H,1-2H3. The first-order valence-electron chi connectivity index (χ1n) is 4.24. The topological polar surface area (TPSA) is 35.5 Å². The molecule has 0 fully saturated rings. The summed E-state index contributed by atoms with van der Waals surface area (Å²) >= 11 is 8.02. The fourth-order valence-electron chi connectivity index (χ4n) is 0.968. The van der Waals surface area contributed by atoms with Crippen LogP contribution in [0.15, 0.2) is 18.2 Å². The van der Waals surface area contributed by atoms with Crippen molar-refractivity contribution in [1.82, 2.24) is 0 Å². The molecule has 0 spiro atoms. The van der Waals surface area contributed by atoms with Crippen LogP contribution in [0.5, 0.6) is 5.75 Å². The highest BCUT2D eigenvalue weighted by Gasteiger charge is 2.14. The van der Waals surface area contributed by atoms with Crippen LogP contribution in [0.3, 0.4) is 0 Å². The second-order valence-electron chi connectivity index (χ2n) is 2.86. The van der Waals surface area contributed by atoms with Gasteiger partial charge in [-0.3, -0.25) is 0 Å². The minimum atomic E-state index is -0.633. The maximum Gasteiger partial charge on any atom is 0.346 e. The highest BCUT2D eigenvalue weighted by molar-refractivity contribution is 14.1. The van der Waals surface area contributed by atoms with Crippen LogP contribution in [0, 0.1) is 3.57 Å². The molecule has 0 aliphatic rings. The molecule has 15 heavy (non-hydrogen) atoms. The van der Waals surface area contributed by atoms with Crippen LogP contribution in [0.2, 0.25) is 5.02 Å². The van der Waals surface area contributed by atoms with E-state index in [1.165, 1.54) is 7.11 Å². The molecule has 3 nitrogen and oxygen atoms in total. The summed E-state index contributed by atoms with van der Waals surface area (Å²) in [5.74, 6) is 0.142. The van der Waals surface area contributed by atoms with Crippen molar-refractivity contribution < 1.29 is 14.3 Å². The van der Waals surface area contributed by atoms with Crippen molar-refractivity contribution in [2.75, 3.05) is 7.11 Å². The van der Waals surface area contributed by atoms with Crippen molar-refractivity contribution in [2.24, 2.45) is 0 Å². The summed E-state index contributed by atoms with van der Waals surface area (Å²) in [6, 6.07) is 5.25. The third-order valence-corrected chi connectivity index (χ3v) is 3.31. The van der Waals surface area contributed by atoms with Crippen molar-refractivity contribution in [3.05, 3.63) is 26.8 Å². The summed E-state index contributed by atoms with van der Waals surface area (Å²) < 4.78 is 10.8. The van der Waals surface area contributed by atoms with Gasteiger partial charge in [-0.2, -0.15) is 0 Å². The molecule has 0 aromatic heterocycles. The van der Waals surface area contributed by atoms with Gasteiger partial charge in [-0.15, -0.1) is 0 Å². The van der Waals surface area contributed by atoms with Crippen LogP contribution in [0.4, 0.5) is 0 Å². The molecule has 0 radical (unpaired) electrons. The average molecular weight is 341 g/mol. The molecular weight excluding hydrogens is 330 g/mol.